The minimum Gasteiger partial charge on any atom is -0.456 e. The van der Waals surface area contributed by atoms with Gasteiger partial charge in [-0.25, -0.2) is 0 Å². The lowest BCUT2D eigenvalue weighted by Crippen LogP contribution is -2.54. The fourth-order valence-electron chi connectivity index (χ4n) is 1.95. The maximum Gasteiger partial charge on any atom is 0.372 e. The first-order valence-corrected chi connectivity index (χ1v) is 7.71. The summed E-state index contributed by atoms with van der Waals surface area (Å²) in [5, 5.41) is 0. The highest BCUT2D eigenvalue weighted by Crippen LogP contribution is 2.55. The van der Waals surface area contributed by atoms with Gasteiger partial charge in [0.2, 0.25) is 5.85 Å². The molecule has 0 amide bonds. The van der Waals surface area contributed by atoms with Gasteiger partial charge in [0.25, 0.3) is 0 Å². The van der Waals surface area contributed by atoms with Gasteiger partial charge in [0, 0.05) is 20.8 Å². The SMILES string of the molecule is CC(=O)O[C@@H]1[C@@H](OC(C)=O)[C@H](OC(C)=O)P(=O)(O)O[C@H]1C. The van der Waals surface area contributed by atoms with E-state index in [0.29, 0.717) is 0 Å². The summed E-state index contributed by atoms with van der Waals surface area (Å²) in [5.74, 6) is -4.13. The minimum absolute atomic E-state index is 0.705. The van der Waals surface area contributed by atoms with E-state index in [1.54, 1.807) is 0 Å². The molecule has 1 unspecified atom stereocenters. The van der Waals surface area contributed by atoms with Crippen LogP contribution >= 0.6 is 7.60 Å². The summed E-state index contributed by atoms with van der Waals surface area (Å²) in [4.78, 5) is 43.2. The van der Waals surface area contributed by atoms with Crippen molar-refractivity contribution in [3.8, 4) is 0 Å². The van der Waals surface area contributed by atoms with Crippen molar-refractivity contribution >= 4 is 25.5 Å². The zero-order chi connectivity index (χ0) is 16.4. The van der Waals surface area contributed by atoms with Crippen molar-refractivity contribution in [3.63, 3.8) is 0 Å². The van der Waals surface area contributed by atoms with Gasteiger partial charge >= 0.3 is 25.5 Å². The maximum atomic E-state index is 12.1. The highest BCUT2D eigenvalue weighted by Gasteiger charge is 2.56. The number of hydrogen-bond donors (Lipinski definition) is 1. The lowest BCUT2D eigenvalue weighted by atomic mass is 10.1. The molecule has 0 saturated carbocycles. The monoisotopic (exact) mass is 324 g/mol. The molecule has 0 aromatic rings. The number of esters is 3. The van der Waals surface area contributed by atoms with Crippen molar-refractivity contribution in [2.75, 3.05) is 0 Å². The van der Waals surface area contributed by atoms with E-state index in [4.69, 9.17) is 18.7 Å². The molecule has 0 bridgehead atoms. The third-order valence-corrected chi connectivity index (χ3v) is 4.27. The predicted molar refractivity (Wildman–Crippen MR) is 67.0 cm³/mol. The van der Waals surface area contributed by atoms with E-state index in [1.807, 2.05) is 0 Å². The molecule has 0 aromatic carbocycles. The van der Waals surface area contributed by atoms with Gasteiger partial charge in [-0.1, -0.05) is 0 Å². The van der Waals surface area contributed by atoms with Crippen LogP contribution in [0, 0.1) is 0 Å². The first-order chi connectivity index (χ1) is 9.54. The second-order valence-corrected chi connectivity index (χ2v) is 6.37. The Kier molecular flexibility index (Phi) is 5.49. The van der Waals surface area contributed by atoms with Gasteiger partial charge in [-0.05, 0) is 6.92 Å². The van der Waals surface area contributed by atoms with Gasteiger partial charge in [0.15, 0.2) is 12.2 Å². The normalized spacial score (nSPS) is 35.7. The van der Waals surface area contributed by atoms with E-state index in [9.17, 15) is 23.8 Å². The van der Waals surface area contributed by atoms with Crippen molar-refractivity contribution in [3.05, 3.63) is 0 Å². The van der Waals surface area contributed by atoms with Crippen molar-refractivity contribution in [1.29, 1.82) is 0 Å². The third kappa shape index (κ3) is 4.52. The zero-order valence-electron chi connectivity index (χ0n) is 12.0. The van der Waals surface area contributed by atoms with Gasteiger partial charge in [0.1, 0.15) is 6.10 Å². The van der Waals surface area contributed by atoms with Gasteiger partial charge in [-0.3, -0.25) is 23.5 Å². The Bertz CT molecular complexity index is 488. The van der Waals surface area contributed by atoms with Crippen LogP contribution in [0.2, 0.25) is 0 Å². The first kappa shape index (κ1) is 17.6. The highest BCUT2D eigenvalue weighted by atomic mass is 31.2. The lowest BCUT2D eigenvalue weighted by molar-refractivity contribution is -0.191. The molecule has 1 aliphatic heterocycles. The number of rotatable bonds is 3. The smallest absolute Gasteiger partial charge is 0.372 e. The molecule has 0 aromatic heterocycles. The van der Waals surface area contributed by atoms with Crippen LogP contribution in [-0.2, 0) is 37.7 Å². The molecule has 0 spiro atoms. The molecule has 9 nitrogen and oxygen atoms in total. The van der Waals surface area contributed by atoms with E-state index in [1.165, 1.54) is 6.92 Å². The topological polar surface area (TPSA) is 125 Å². The molecule has 1 fully saturated rings. The Morgan fingerprint density at radius 1 is 0.952 bits per heavy atom. The van der Waals surface area contributed by atoms with Crippen molar-refractivity contribution in [2.45, 2.75) is 51.9 Å². The summed E-state index contributed by atoms with van der Waals surface area (Å²) >= 11 is 0. The number of hydrogen-bond acceptors (Lipinski definition) is 8. The summed E-state index contributed by atoms with van der Waals surface area (Å²) < 4.78 is 31.5. The van der Waals surface area contributed by atoms with E-state index < -0.39 is 49.7 Å². The number of ether oxygens (including phenoxy) is 3. The highest BCUT2D eigenvalue weighted by molar-refractivity contribution is 7.53. The molecule has 120 valence electrons. The van der Waals surface area contributed by atoms with Crippen molar-refractivity contribution in [1.82, 2.24) is 0 Å². The molecule has 10 heteroatoms. The van der Waals surface area contributed by atoms with Crippen LogP contribution in [-0.4, -0.2) is 47.0 Å². The second-order valence-electron chi connectivity index (χ2n) is 4.52. The number of carbonyl (C=O) groups excluding carboxylic acids is 3. The summed E-state index contributed by atoms with van der Waals surface area (Å²) in [5.41, 5.74) is 0. The molecular formula is C11H17O9P. The Hall–Kier alpha value is -1.44. The summed E-state index contributed by atoms with van der Waals surface area (Å²) in [6.45, 7) is 4.57. The molecule has 5 atom stereocenters. The Morgan fingerprint density at radius 2 is 1.38 bits per heavy atom. The van der Waals surface area contributed by atoms with Gasteiger partial charge < -0.3 is 19.1 Å². The van der Waals surface area contributed by atoms with Crippen LogP contribution in [0.5, 0.6) is 0 Å². The molecule has 0 radical (unpaired) electrons. The Labute approximate surface area is 121 Å². The van der Waals surface area contributed by atoms with E-state index in [2.05, 4.69) is 0 Å². The Morgan fingerprint density at radius 3 is 1.81 bits per heavy atom. The Balaban J connectivity index is 3.18. The summed E-state index contributed by atoms with van der Waals surface area (Å²) in [6.07, 6.45) is -3.64. The first-order valence-electron chi connectivity index (χ1n) is 6.07. The van der Waals surface area contributed by atoms with E-state index in [-0.39, 0.29) is 0 Å². The average Bonchev–Trinajstić information content (AvgIpc) is 2.27. The second kappa shape index (κ2) is 6.55. The largest absolute Gasteiger partial charge is 0.456 e. The fraction of sp³-hybridized carbons (Fsp3) is 0.727. The predicted octanol–water partition coefficient (Wildman–Crippen LogP) is 0.343. The van der Waals surface area contributed by atoms with Crippen LogP contribution in [0.1, 0.15) is 27.7 Å². The van der Waals surface area contributed by atoms with Gasteiger partial charge in [-0.2, -0.15) is 0 Å². The molecule has 1 rings (SSSR count). The molecule has 1 heterocycles. The molecule has 1 aliphatic rings. The molecule has 1 saturated heterocycles. The van der Waals surface area contributed by atoms with Crippen molar-refractivity contribution in [2.24, 2.45) is 0 Å². The molecule has 21 heavy (non-hydrogen) atoms. The average molecular weight is 324 g/mol. The molecule has 1 N–H and O–H groups in total. The van der Waals surface area contributed by atoms with Crippen LogP contribution in [0.3, 0.4) is 0 Å². The van der Waals surface area contributed by atoms with Crippen molar-refractivity contribution < 1.29 is 42.6 Å². The summed E-state index contributed by atoms with van der Waals surface area (Å²) in [6, 6.07) is 0. The third-order valence-electron chi connectivity index (χ3n) is 2.60. The van der Waals surface area contributed by atoms with E-state index >= 15 is 0 Å². The van der Waals surface area contributed by atoms with E-state index in [0.717, 1.165) is 20.8 Å². The number of carbonyl (C=O) groups is 3. The summed E-state index contributed by atoms with van der Waals surface area (Å²) in [7, 11) is -4.41. The lowest BCUT2D eigenvalue weighted by Gasteiger charge is -2.40. The van der Waals surface area contributed by atoms with Crippen LogP contribution in [0.15, 0.2) is 0 Å². The van der Waals surface area contributed by atoms with Crippen LogP contribution in [0.25, 0.3) is 0 Å². The molecular weight excluding hydrogens is 307 g/mol. The minimum atomic E-state index is -4.41. The maximum absolute atomic E-state index is 12.1. The van der Waals surface area contributed by atoms with Crippen LogP contribution < -0.4 is 0 Å². The standard InChI is InChI=1S/C11H17O9P/c1-5-9(17-6(2)12)10(18-7(3)13)11(19-8(4)14)21(15,16)20-5/h5,9-11H,1-4H3,(H,15,16)/t5-,9-,10+,11+/m0/s1. The quantitative estimate of drug-likeness (QED) is 0.444. The van der Waals surface area contributed by atoms with Gasteiger partial charge in [0.05, 0.1) is 0 Å². The zero-order valence-corrected chi connectivity index (χ0v) is 12.9. The fourth-order valence-corrected chi connectivity index (χ4v) is 3.55. The van der Waals surface area contributed by atoms with Crippen LogP contribution in [0.4, 0.5) is 0 Å². The molecule has 0 aliphatic carbocycles. The van der Waals surface area contributed by atoms with Gasteiger partial charge in [-0.15, -0.1) is 0 Å².